The Labute approximate surface area is 411 Å². The van der Waals surface area contributed by atoms with Gasteiger partial charge in [-0.25, -0.2) is 14.8 Å². The molecule has 2 aliphatic heterocycles. The first-order chi connectivity index (χ1) is 34.4. The third-order valence-electron chi connectivity index (χ3n) is 12.1. The molecule has 5 aromatic carbocycles. The maximum Gasteiger partial charge on any atom is 0.339 e. The van der Waals surface area contributed by atoms with Crippen molar-refractivity contribution >= 4 is 77.5 Å². The number of fused-ring (bicyclic) bond motifs is 2. The molecule has 3 fully saturated rings. The number of likely N-dealkylation sites (tertiary alicyclic amines) is 1. The van der Waals surface area contributed by atoms with E-state index in [9.17, 15) is 26.4 Å². The number of urea groups is 1. The van der Waals surface area contributed by atoms with Gasteiger partial charge in [0.25, 0.3) is 0 Å². The number of carbonyl (C=O) groups excluding carboxylic acids is 2. The van der Waals surface area contributed by atoms with Crippen LogP contribution in [0.5, 0.6) is 11.5 Å². The van der Waals surface area contributed by atoms with E-state index in [4.69, 9.17) is 13.1 Å². The van der Waals surface area contributed by atoms with Crippen LogP contribution in [0.1, 0.15) is 50.5 Å². The Balaban J connectivity index is 0.000000177. The molecule has 0 bridgehead atoms. The molecule has 7 N–H and O–H groups in total. The van der Waals surface area contributed by atoms with E-state index in [1.807, 2.05) is 30.3 Å². The molecule has 2 saturated heterocycles. The SMILES string of the molecule is O=C(NCCN1CCCCC1)Nc1nc2ccc(OS(=O)(=O)c3ccc(NCC4CCCO4)cc3)cc2[nH]1.O=C(Nc1nc2ccc(OS(=O)(=O)c3ccc(NCc4ccccc4)cc3)cc2[nH]1)C1CC1. The number of nitrogens with zero attached hydrogens (tertiary/aromatic N) is 3. The van der Waals surface area contributed by atoms with Gasteiger partial charge >= 0.3 is 26.3 Å². The third-order valence-corrected chi connectivity index (χ3v) is 14.6. The van der Waals surface area contributed by atoms with Crippen LogP contribution >= 0.6 is 0 Å². The molecule has 1 unspecified atom stereocenters. The standard InChI is InChI=1S/C26H34N6O5S.C24H22N4O4S/c33-26(27-12-15-32-13-2-1-3-14-32)31-25-29-23-11-8-20(17-24(23)30-25)37-38(34,35)22-9-6-19(7-10-22)28-18-21-5-4-16-36-21;29-23(17-6-7-17)28-24-26-21-13-10-19(14-22(21)27-24)32-33(30,31)20-11-8-18(9-12-20)25-15-16-4-2-1-3-5-16/h6-11,17,21,28H,1-5,12-16,18H2,(H3,27,29,30,31,33);1-5,8-14,17,25H,6-7,15H2,(H2,26,27,28,29). The molecule has 1 saturated carbocycles. The predicted octanol–water partition coefficient (Wildman–Crippen LogP) is 7.82. The highest BCUT2D eigenvalue weighted by Crippen LogP contribution is 2.31. The fourth-order valence-electron chi connectivity index (χ4n) is 8.09. The number of benzene rings is 5. The average molecular weight is 1010 g/mol. The summed E-state index contributed by atoms with van der Waals surface area (Å²) < 4.78 is 67.4. The molecular formula is C50H56N10O9S2. The summed E-state index contributed by atoms with van der Waals surface area (Å²) in [5.74, 6) is 0.885. The lowest BCUT2D eigenvalue weighted by atomic mass is 10.1. The lowest BCUT2D eigenvalue weighted by Crippen LogP contribution is -2.39. The van der Waals surface area contributed by atoms with Gasteiger partial charge in [-0.3, -0.25) is 15.4 Å². The van der Waals surface area contributed by atoms with Crippen LogP contribution in [0.15, 0.2) is 125 Å². The minimum atomic E-state index is -4.03. The molecule has 1 atom stereocenters. The van der Waals surface area contributed by atoms with Crippen LogP contribution < -0.4 is 35.0 Å². The Kier molecular flexibility index (Phi) is 15.3. The Morgan fingerprint density at radius 2 is 1.24 bits per heavy atom. The lowest BCUT2D eigenvalue weighted by Gasteiger charge is -2.26. The van der Waals surface area contributed by atoms with Gasteiger partial charge < -0.3 is 43.9 Å². The normalized spacial score (nSPS) is 16.1. The van der Waals surface area contributed by atoms with Gasteiger partial charge in [-0.15, -0.1) is 0 Å². The number of H-pyrrole nitrogens is 2. The van der Waals surface area contributed by atoms with Crippen LogP contribution in [0, 0.1) is 5.92 Å². The monoisotopic (exact) mass is 1000 g/mol. The Bertz CT molecular complexity index is 3150. The predicted molar refractivity (Wildman–Crippen MR) is 271 cm³/mol. The molecule has 19 nitrogen and oxygen atoms in total. The quantitative estimate of drug-likeness (QED) is 0.0405. The first-order valence-electron chi connectivity index (χ1n) is 23.7. The number of amides is 3. The van der Waals surface area contributed by atoms with Crippen LogP contribution in [0.25, 0.3) is 22.1 Å². The second kappa shape index (κ2) is 22.3. The first-order valence-corrected chi connectivity index (χ1v) is 26.5. The summed E-state index contributed by atoms with van der Waals surface area (Å²) in [5.41, 5.74) is 5.01. The number of carbonyl (C=O) groups is 2. The summed E-state index contributed by atoms with van der Waals surface area (Å²) in [6.07, 6.45) is 7.76. The summed E-state index contributed by atoms with van der Waals surface area (Å²) in [6, 6.07) is 31.8. The first kappa shape index (κ1) is 48.8. The minimum absolute atomic E-state index is 0.0495. The maximum atomic E-state index is 12.8. The van der Waals surface area contributed by atoms with Gasteiger partial charge in [0.05, 0.1) is 28.2 Å². The number of rotatable bonds is 18. The number of ether oxygens (including phenoxy) is 1. The topological polar surface area (TPSA) is 251 Å². The number of imidazole rings is 2. The summed E-state index contributed by atoms with van der Waals surface area (Å²) in [6.45, 7) is 5.63. The van der Waals surface area contributed by atoms with Crippen molar-refractivity contribution in [1.29, 1.82) is 0 Å². The van der Waals surface area contributed by atoms with Gasteiger partial charge in [0.15, 0.2) is 0 Å². The molecule has 2 aromatic heterocycles. The summed E-state index contributed by atoms with van der Waals surface area (Å²) in [4.78, 5) is 41.3. The van der Waals surface area contributed by atoms with Crippen LogP contribution in [0.4, 0.5) is 28.1 Å². The number of nitrogens with one attached hydrogen (secondary N) is 7. The van der Waals surface area contributed by atoms with Crippen LogP contribution in [-0.4, -0.2) is 99.0 Å². The highest BCUT2D eigenvalue weighted by molar-refractivity contribution is 7.87. The van der Waals surface area contributed by atoms with Crippen molar-refractivity contribution in [1.82, 2.24) is 30.2 Å². The zero-order valence-electron chi connectivity index (χ0n) is 38.9. The minimum Gasteiger partial charge on any atom is -0.382 e. The molecule has 7 aromatic rings. The van der Waals surface area contributed by atoms with Crippen molar-refractivity contribution in [3.05, 3.63) is 121 Å². The van der Waals surface area contributed by atoms with Crippen molar-refractivity contribution in [3.8, 4) is 11.5 Å². The van der Waals surface area contributed by atoms with Crippen molar-refractivity contribution in [2.45, 2.75) is 67.4 Å². The number of aromatic nitrogens is 4. The molecule has 0 spiro atoms. The van der Waals surface area contributed by atoms with E-state index >= 15 is 0 Å². The number of aromatic amines is 2. The van der Waals surface area contributed by atoms with Gasteiger partial charge in [-0.1, -0.05) is 36.8 Å². The third kappa shape index (κ3) is 13.6. The highest BCUT2D eigenvalue weighted by Gasteiger charge is 2.30. The zero-order valence-corrected chi connectivity index (χ0v) is 40.5. The van der Waals surface area contributed by atoms with Crippen LogP contribution in [0.3, 0.4) is 0 Å². The zero-order chi connectivity index (χ0) is 49.2. The Hall–Kier alpha value is -7.20. The van der Waals surface area contributed by atoms with E-state index in [0.717, 1.165) is 68.9 Å². The molecule has 3 aliphatic rings. The number of hydrogen-bond donors (Lipinski definition) is 7. The number of hydrogen-bond acceptors (Lipinski definition) is 14. The summed E-state index contributed by atoms with van der Waals surface area (Å²) in [5, 5.41) is 14.8. The molecular weight excluding hydrogens is 949 g/mol. The summed E-state index contributed by atoms with van der Waals surface area (Å²) >= 11 is 0. The molecule has 4 heterocycles. The van der Waals surface area contributed by atoms with E-state index < -0.39 is 20.2 Å². The van der Waals surface area contributed by atoms with Crippen LogP contribution in [0.2, 0.25) is 0 Å². The maximum absolute atomic E-state index is 12.8. The van der Waals surface area contributed by atoms with Crippen LogP contribution in [-0.2, 0) is 36.3 Å². The van der Waals surface area contributed by atoms with Crippen molar-refractivity contribution in [3.63, 3.8) is 0 Å². The van der Waals surface area contributed by atoms with Crippen molar-refractivity contribution < 1.29 is 39.5 Å². The van der Waals surface area contributed by atoms with Gasteiger partial charge in [-0.2, -0.15) is 16.8 Å². The van der Waals surface area contributed by atoms with Crippen molar-refractivity contribution in [2.75, 3.05) is 60.6 Å². The fraction of sp³-hybridized carbons (Fsp3) is 0.320. The van der Waals surface area contributed by atoms with Gasteiger partial charge in [0, 0.05) is 62.2 Å². The molecule has 10 rings (SSSR count). The molecule has 1 aliphatic carbocycles. The average Bonchev–Trinajstić information content (AvgIpc) is 3.73. The smallest absolute Gasteiger partial charge is 0.339 e. The van der Waals surface area contributed by atoms with E-state index in [-0.39, 0.29) is 51.2 Å². The van der Waals surface area contributed by atoms with E-state index in [2.05, 4.69) is 51.4 Å². The van der Waals surface area contributed by atoms with Crippen molar-refractivity contribution in [2.24, 2.45) is 5.92 Å². The molecule has 21 heteroatoms. The Morgan fingerprint density at radius 3 is 1.80 bits per heavy atom. The number of piperidine rings is 1. The molecule has 3 amide bonds. The second-order valence-corrected chi connectivity index (χ2v) is 20.6. The van der Waals surface area contributed by atoms with Gasteiger partial charge in [0.2, 0.25) is 17.8 Å². The second-order valence-electron chi connectivity index (χ2n) is 17.6. The van der Waals surface area contributed by atoms with E-state index in [1.54, 1.807) is 42.5 Å². The largest absolute Gasteiger partial charge is 0.382 e. The number of anilines is 4. The molecule has 372 valence electrons. The highest BCUT2D eigenvalue weighted by atomic mass is 32.2. The van der Waals surface area contributed by atoms with E-state index in [1.165, 1.54) is 61.7 Å². The summed E-state index contributed by atoms with van der Waals surface area (Å²) in [7, 11) is -8.04. The van der Waals surface area contributed by atoms with E-state index in [0.29, 0.717) is 47.6 Å². The molecule has 0 radical (unpaired) electrons. The fourth-order valence-corrected chi connectivity index (χ4v) is 9.94. The molecule has 71 heavy (non-hydrogen) atoms. The Morgan fingerprint density at radius 1 is 0.662 bits per heavy atom. The van der Waals surface area contributed by atoms with Gasteiger partial charge in [-0.05, 0) is 130 Å². The van der Waals surface area contributed by atoms with Gasteiger partial charge in [0.1, 0.15) is 21.3 Å². The lowest BCUT2D eigenvalue weighted by molar-refractivity contribution is -0.117.